The topological polar surface area (TPSA) is 49.4 Å². The lowest BCUT2D eigenvalue weighted by molar-refractivity contribution is -0.140. The third-order valence-corrected chi connectivity index (χ3v) is 6.09. The van der Waals surface area contributed by atoms with Crippen molar-refractivity contribution >= 4 is 11.8 Å². The van der Waals surface area contributed by atoms with E-state index in [1.807, 2.05) is 11.8 Å². The van der Waals surface area contributed by atoms with Crippen molar-refractivity contribution < 1.29 is 9.59 Å². The Labute approximate surface area is 174 Å². The highest BCUT2D eigenvalue weighted by atomic mass is 16.2. The zero-order valence-corrected chi connectivity index (χ0v) is 17.8. The molecule has 0 aromatic heterocycles. The maximum Gasteiger partial charge on any atom is 0.226 e. The van der Waals surface area contributed by atoms with Crippen LogP contribution in [0.4, 0.5) is 0 Å². The molecule has 1 aliphatic rings. The number of rotatable bonds is 6. The van der Waals surface area contributed by atoms with Gasteiger partial charge in [0.25, 0.3) is 0 Å². The minimum Gasteiger partial charge on any atom is -0.359 e. The highest BCUT2D eigenvalue weighted by Crippen LogP contribution is 2.36. The molecular weight excluding hydrogens is 360 g/mol. The number of carbonyl (C=O) groups excluding carboxylic acids is 2. The lowest BCUT2D eigenvalue weighted by Gasteiger charge is -2.40. The van der Waals surface area contributed by atoms with Gasteiger partial charge in [-0.3, -0.25) is 9.59 Å². The Balaban J connectivity index is 1.74. The van der Waals surface area contributed by atoms with Gasteiger partial charge in [-0.05, 0) is 49.3 Å². The zero-order valence-electron chi connectivity index (χ0n) is 17.8. The van der Waals surface area contributed by atoms with Gasteiger partial charge in [0, 0.05) is 26.6 Å². The Morgan fingerprint density at radius 1 is 1.03 bits per heavy atom. The van der Waals surface area contributed by atoms with Crippen LogP contribution in [0.2, 0.25) is 0 Å². The van der Waals surface area contributed by atoms with Crippen LogP contribution in [0.3, 0.4) is 0 Å². The molecular formula is C25H32N2O2. The van der Waals surface area contributed by atoms with E-state index in [0.717, 1.165) is 6.42 Å². The first-order valence-corrected chi connectivity index (χ1v) is 10.6. The minimum absolute atomic E-state index is 0.0860. The van der Waals surface area contributed by atoms with Crippen LogP contribution >= 0.6 is 0 Å². The van der Waals surface area contributed by atoms with Crippen molar-refractivity contribution in [3.8, 4) is 11.1 Å². The molecule has 2 aromatic rings. The fourth-order valence-electron chi connectivity index (χ4n) is 4.34. The summed E-state index contributed by atoms with van der Waals surface area (Å²) in [4.78, 5) is 27.0. The Hall–Kier alpha value is -2.62. The summed E-state index contributed by atoms with van der Waals surface area (Å²) in [6.45, 7) is 5.45. The van der Waals surface area contributed by atoms with Crippen LogP contribution in [0, 0.1) is 12.3 Å². The summed E-state index contributed by atoms with van der Waals surface area (Å²) in [5.41, 5.74) is 4.36. The summed E-state index contributed by atoms with van der Waals surface area (Å²) in [6.07, 6.45) is 3.58. The molecule has 4 heteroatoms. The molecule has 2 amide bonds. The molecule has 154 valence electrons. The second-order valence-electron chi connectivity index (χ2n) is 8.23. The highest BCUT2D eigenvalue weighted by Gasteiger charge is 2.41. The second kappa shape index (κ2) is 9.25. The van der Waals surface area contributed by atoms with E-state index in [9.17, 15) is 9.59 Å². The summed E-state index contributed by atoms with van der Waals surface area (Å²) in [6, 6.07) is 17.0. The molecule has 0 radical (unpaired) electrons. The maximum atomic E-state index is 12.8. The number of carbonyl (C=O) groups is 2. The van der Waals surface area contributed by atoms with Gasteiger partial charge in [0.05, 0.1) is 5.41 Å². The van der Waals surface area contributed by atoms with E-state index in [1.165, 1.54) is 22.3 Å². The monoisotopic (exact) mass is 392 g/mol. The standard InChI is InChI=1S/C25H32N2O2/c1-4-6-23(28)27-15-13-25(14-16-27,24(29)26-3)18-20-9-11-21(12-10-20)22-8-5-7-19(2)17-22/h5,7-12,17H,4,6,13-16,18H2,1-3H3,(H,26,29). The van der Waals surface area contributed by atoms with Crippen LogP contribution < -0.4 is 5.32 Å². The van der Waals surface area contributed by atoms with Crippen molar-refractivity contribution in [1.29, 1.82) is 0 Å². The highest BCUT2D eigenvalue weighted by molar-refractivity contribution is 5.83. The molecule has 1 N–H and O–H groups in total. The third kappa shape index (κ3) is 4.87. The van der Waals surface area contributed by atoms with Gasteiger partial charge in [0.2, 0.25) is 11.8 Å². The molecule has 1 fully saturated rings. The van der Waals surface area contributed by atoms with E-state index in [1.54, 1.807) is 7.05 Å². The second-order valence-corrected chi connectivity index (χ2v) is 8.23. The molecule has 0 spiro atoms. The average Bonchev–Trinajstić information content (AvgIpc) is 2.74. The Morgan fingerprint density at radius 3 is 2.31 bits per heavy atom. The molecule has 0 atom stereocenters. The Morgan fingerprint density at radius 2 is 1.72 bits per heavy atom. The van der Waals surface area contributed by atoms with E-state index in [-0.39, 0.29) is 11.8 Å². The summed E-state index contributed by atoms with van der Waals surface area (Å²) in [5.74, 6) is 0.295. The summed E-state index contributed by atoms with van der Waals surface area (Å²) in [5, 5.41) is 2.87. The smallest absolute Gasteiger partial charge is 0.226 e. The van der Waals surface area contributed by atoms with Gasteiger partial charge < -0.3 is 10.2 Å². The number of nitrogens with one attached hydrogen (secondary N) is 1. The van der Waals surface area contributed by atoms with Gasteiger partial charge in [-0.2, -0.15) is 0 Å². The molecule has 0 aliphatic carbocycles. The fraction of sp³-hybridized carbons (Fsp3) is 0.440. The fourth-order valence-corrected chi connectivity index (χ4v) is 4.34. The number of nitrogens with zero attached hydrogens (tertiary/aromatic N) is 1. The predicted octanol–water partition coefficient (Wildman–Crippen LogP) is 4.36. The SMILES string of the molecule is CCCC(=O)N1CCC(Cc2ccc(-c3cccc(C)c3)cc2)(C(=O)NC)CC1. The maximum absolute atomic E-state index is 12.8. The molecule has 1 saturated heterocycles. The van der Waals surface area contributed by atoms with Gasteiger partial charge in [-0.15, -0.1) is 0 Å². The van der Waals surface area contributed by atoms with Crippen LogP contribution in [0.25, 0.3) is 11.1 Å². The Kier molecular flexibility index (Phi) is 6.73. The van der Waals surface area contributed by atoms with E-state index in [4.69, 9.17) is 0 Å². The Bertz CT molecular complexity index is 849. The van der Waals surface area contributed by atoms with Crippen molar-refractivity contribution in [1.82, 2.24) is 10.2 Å². The number of benzene rings is 2. The van der Waals surface area contributed by atoms with Gasteiger partial charge in [0.1, 0.15) is 0 Å². The molecule has 0 saturated carbocycles. The van der Waals surface area contributed by atoms with Crippen LogP contribution in [-0.2, 0) is 16.0 Å². The zero-order chi connectivity index (χ0) is 20.9. The molecule has 0 unspecified atom stereocenters. The molecule has 3 rings (SSSR count). The van der Waals surface area contributed by atoms with E-state index < -0.39 is 5.41 Å². The van der Waals surface area contributed by atoms with Crippen LogP contribution in [0.5, 0.6) is 0 Å². The normalized spacial score (nSPS) is 15.8. The number of piperidine rings is 1. The van der Waals surface area contributed by atoms with Crippen molar-refractivity contribution in [3.05, 3.63) is 59.7 Å². The number of amides is 2. The lowest BCUT2D eigenvalue weighted by Crippen LogP contribution is -2.50. The lowest BCUT2D eigenvalue weighted by atomic mass is 9.72. The first kappa shape index (κ1) is 21.1. The first-order valence-electron chi connectivity index (χ1n) is 10.6. The van der Waals surface area contributed by atoms with E-state index >= 15 is 0 Å². The predicted molar refractivity (Wildman–Crippen MR) is 118 cm³/mol. The van der Waals surface area contributed by atoms with Crippen molar-refractivity contribution in [2.45, 2.75) is 46.0 Å². The van der Waals surface area contributed by atoms with Gasteiger partial charge in [-0.25, -0.2) is 0 Å². The molecule has 29 heavy (non-hydrogen) atoms. The average molecular weight is 393 g/mol. The van der Waals surface area contributed by atoms with E-state index in [0.29, 0.717) is 38.8 Å². The van der Waals surface area contributed by atoms with E-state index in [2.05, 4.69) is 60.8 Å². The third-order valence-electron chi connectivity index (χ3n) is 6.09. The molecule has 1 aliphatic heterocycles. The summed E-state index contributed by atoms with van der Waals surface area (Å²) < 4.78 is 0. The number of likely N-dealkylation sites (tertiary alicyclic amines) is 1. The van der Waals surface area contributed by atoms with Gasteiger partial charge in [-0.1, -0.05) is 61.0 Å². The van der Waals surface area contributed by atoms with Crippen LogP contribution in [0.1, 0.15) is 43.7 Å². The minimum atomic E-state index is -0.442. The number of hydrogen-bond donors (Lipinski definition) is 1. The van der Waals surface area contributed by atoms with Crippen molar-refractivity contribution in [2.24, 2.45) is 5.41 Å². The van der Waals surface area contributed by atoms with Crippen LogP contribution in [-0.4, -0.2) is 36.9 Å². The summed E-state index contributed by atoms with van der Waals surface area (Å²) in [7, 11) is 1.71. The summed E-state index contributed by atoms with van der Waals surface area (Å²) >= 11 is 0. The molecule has 2 aromatic carbocycles. The number of hydrogen-bond acceptors (Lipinski definition) is 2. The van der Waals surface area contributed by atoms with Crippen LogP contribution in [0.15, 0.2) is 48.5 Å². The first-order chi connectivity index (χ1) is 14.0. The quantitative estimate of drug-likeness (QED) is 0.794. The van der Waals surface area contributed by atoms with Crippen molar-refractivity contribution in [2.75, 3.05) is 20.1 Å². The van der Waals surface area contributed by atoms with Crippen molar-refractivity contribution in [3.63, 3.8) is 0 Å². The van der Waals surface area contributed by atoms with Gasteiger partial charge in [0.15, 0.2) is 0 Å². The molecule has 1 heterocycles. The largest absolute Gasteiger partial charge is 0.359 e. The molecule has 4 nitrogen and oxygen atoms in total. The number of aryl methyl sites for hydroxylation is 1. The van der Waals surface area contributed by atoms with Gasteiger partial charge >= 0.3 is 0 Å². The molecule has 0 bridgehead atoms.